The van der Waals surface area contributed by atoms with Gasteiger partial charge in [-0.15, -0.1) is 11.3 Å². The molecule has 1 amide bonds. The van der Waals surface area contributed by atoms with Gasteiger partial charge in [-0.2, -0.15) is 5.26 Å². The molecule has 2 atom stereocenters. The van der Waals surface area contributed by atoms with E-state index in [9.17, 15) is 19.6 Å². The number of Topliss-reactive ketones (excluding diaryl/α,β-unsaturated/α-hetero) is 1. The number of hydrogen-bond acceptors (Lipinski definition) is 7. The third-order valence-electron chi connectivity index (χ3n) is 3.24. The Bertz CT molecular complexity index is 680. The molecule has 1 aliphatic rings. The number of carbonyl (C=O) groups is 3. The Morgan fingerprint density at radius 2 is 2.32 bits per heavy atom. The molecule has 1 aromatic rings. The first kappa shape index (κ1) is 16.1. The Labute approximate surface area is 135 Å². The zero-order valence-corrected chi connectivity index (χ0v) is 13.0. The van der Waals surface area contributed by atoms with Gasteiger partial charge in [-0.05, 0) is 23.7 Å². The van der Waals surface area contributed by atoms with E-state index in [0.717, 1.165) is 7.11 Å². The Kier molecular flexibility index (Phi) is 4.54. The molecule has 0 bridgehead atoms. The van der Waals surface area contributed by atoms with E-state index >= 15 is 0 Å². The van der Waals surface area contributed by atoms with Crippen molar-refractivity contribution in [1.29, 1.82) is 5.26 Å². The quantitative estimate of drug-likeness (QED) is 0.464. The molecule has 0 spiro atoms. The summed E-state index contributed by atoms with van der Waals surface area (Å²) < 4.78 is 4.70. The van der Waals surface area contributed by atoms with E-state index in [1.54, 1.807) is 23.6 Å². The van der Waals surface area contributed by atoms with E-state index in [-0.39, 0.29) is 10.9 Å². The number of hydrogen-bond donors (Lipinski definition) is 2. The summed E-state index contributed by atoms with van der Waals surface area (Å²) in [6.07, 6.45) is -0.411. The molecule has 114 valence electrons. The van der Waals surface area contributed by atoms with Gasteiger partial charge in [0.1, 0.15) is 0 Å². The number of ketones is 1. The number of ether oxygens (including phenoxy) is 1. The number of nitriles is 1. The Morgan fingerprint density at radius 3 is 2.86 bits per heavy atom. The first-order valence-corrected chi connectivity index (χ1v) is 7.41. The van der Waals surface area contributed by atoms with Crippen LogP contribution in [0, 0.1) is 17.2 Å². The predicted octanol–water partition coefficient (Wildman–Crippen LogP) is 0.377. The van der Waals surface area contributed by atoms with Crippen molar-refractivity contribution in [3.05, 3.63) is 22.4 Å². The van der Waals surface area contributed by atoms with Crippen LogP contribution >= 0.6 is 23.6 Å². The van der Waals surface area contributed by atoms with Crippen molar-refractivity contribution >= 4 is 46.3 Å². The molecule has 2 N–H and O–H groups in total. The largest absolute Gasteiger partial charge is 0.467 e. The van der Waals surface area contributed by atoms with E-state index in [1.807, 2.05) is 0 Å². The van der Waals surface area contributed by atoms with Gasteiger partial charge in [0.15, 0.2) is 22.4 Å². The number of esters is 1. The maximum atomic E-state index is 12.4. The van der Waals surface area contributed by atoms with Gasteiger partial charge in [-0.25, -0.2) is 4.79 Å². The zero-order valence-electron chi connectivity index (χ0n) is 11.4. The summed E-state index contributed by atoms with van der Waals surface area (Å²) in [5.41, 5.74) is -1.83. The van der Waals surface area contributed by atoms with Crippen molar-refractivity contribution in [2.75, 3.05) is 7.11 Å². The second kappa shape index (κ2) is 6.21. The SMILES string of the molecule is COC(=O)[C@@]1(CC(=O)c2cccs2)NC(=S)NC(=O)[C@H]1C#N. The Balaban J connectivity index is 2.45. The van der Waals surface area contributed by atoms with Crippen LogP contribution in [0.25, 0.3) is 0 Å². The molecule has 0 aromatic carbocycles. The van der Waals surface area contributed by atoms with Crippen LogP contribution < -0.4 is 10.6 Å². The van der Waals surface area contributed by atoms with Crippen molar-refractivity contribution in [3.8, 4) is 6.07 Å². The highest BCUT2D eigenvalue weighted by molar-refractivity contribution is 7.80. The summed E-state index contributed by atoms with van der Waals surface area (Å²) >= 11 is 6.09. The van der Waals surface area contributed by atoms with E-state index in [2.05, 4.69) is 10.6 Å². The molecule has 22 heavy (non-hydrogen) atoms. The summed E-state index contributed by atoms with van der Waals surface area (Å²) in [4.78, 5) is 37.0. The van der Waals surface area contributed by atoms with E-state index in [0.29, 0.717) is 4.88 Å². The topological polar surface area (TPSA) is 108 Å². The normalized spacial score (nSPS) is 23.9. The maximum Gasteiger partial charge on any atom is 0.334 e. The van der Waals surface area contributed by atoms with Crippen LogP contribution in [-0.4, -0.2) is 35.4 Å². The lowest BCUT2D eigenvalue weighted by molar-refractivity contribution is -0.152. The molecule has 2 heterocycles. The molecule has 7 nitrogen and oxygen atoms in total. The lowest BCUT2D eigenvalue weighted by Gasteiger charge is -2.38. The van der Waals surface area contributed by atoms with Crippen molar-refractivity contribution in [1.82, 2.24) is 10.6 Å². The fourth-order valence-corrected chi connectivity index (χ4v) is 3.18. The number of thiophene rings is 1. The van der Waals surface area contributed by atoms with Crippen LogP contribution in [0.2, 0.25) is 0 Å². The zero-order chi connectivity index (χ0) is 16.3. The van der Waals surface area contributed by atoms with Crippen LogP contribution in [0.5, 0.6) is 0 Å². The third-order valence-corrected chi connectivity index (χ3v) is 4.36. The third kappa shape index (κ3) is 2.70. The molecule has 0 saturated carbocycles. The number of rotatable bonds is 4. The minimum Gasteiger partial charge on any atom is -0.467 e. The average Bonchev–Trinajstić information content (AvgIpc) is 3.00. The number of nitrogens with zero attached hydrogens (tertiary/aromatic N) is 1. The highest BCUT2D eigenvalue weighted by Gasteiger charge is 2.55. The van der Waals surface area contributed by atoms with Gasteiger partial charge in [0.25, 0.3) is 0 Å². The predicted molar refractivity (Wildman–Crippen MR) is 81.0 cm³/mol. The van der Waals surface area contributed by atoms with Crippen LogP contribution in [-0.2, 0) is 14.3 Å². The van der Waals surface area contributed by atoms with Gasteiger partial charge in [0, 0.05) is 6.42 Å². The van der Waals surface area contributed by atoms with Crippen molar-refractivity contribution in [2.45, 2.75) is 12.0 Å². The summed E-state index contributed by atoms with van der Waals surface area (Å²) in [7, 11) is 1.12. The van der Waals surface area contributed by atoms with Crippen molar-refractivity contribution < 1.29 is 19.1 Å². The van der Waals surface area contributed by atoms with Gasteiger partial charge in [0.2, 0.25) is 5.91 Å². The molecule has 0 unspecified atom stereocenters. The number of carbonyl (C=O) groups excluding carboxylic acids is 3. The lowest BCUT2D eigenvalue weighted by Crippen LogP contribution is -2.70. The first-order chi connectivity index (χ1) is 10.4. The fourth-order valence-electron chi connectivity index (χ4n) is 2.23. The molecule has 1 aromatic heterocycles. The lowest BCUT2D eigenvalue weighted by atomic mass is 9.78. The van der Waals surface area contributed by atoms with E-state index < -0.39 is 29.8 Å². The molecule has 2 rings (SSSR count). The molecule has 0 aliphatic carbocycles. The van der Waals surface area contributed by atoms with Gasteiger partial charge in [-0.1, -0.05) is 6.07 Å². The van der Waals surface area contributed by atoms with Crippen LogP contribution in [0.15, 0.2) is 17.5 Å². The van der Waals surface area contributed by atoms with Crippen LogP contribution in [0.3, 0.4) is 0 Å². The summed E-state index contributed by atoms with van der Waals surface area (Å²) in [6.45, 7) is 0. The number of thiocarbonyl (C=S) groups is 1. The minimum atomic E-state index is -1.83. The second-order valence-electron chi connectivity index (χ2n) is 4.55. The molecule has 1 saturated heterocycles. The molecule has 1 fully saturated rings. The van der Waals surface area contributed by atoms with Crippen LogP contribution in [0.4, 0.5) is 0 Å². The maximum absolute atomic E-state index is 12.4. The van der Waals surface area contributed by atoms with Crippen molar-refractivity contribution in [3.63, 3.8) is 0 Å². The van der Waals surface area contributed by atoms with Crippen LogP contribution in [0.1, 0.15) is 16.1 Å². The van der Waals surface area contributed by atoms with E-state index in [4.69, 9.17) is 17.0 Å². The van der Waals surface area contributed by atoms with Gasteiger partial charge in [0.05, 0.1) is 18.1 Å². The monoisotopic (exact) mass is 337 g/mol. The summed E-state index contributed by atoms with van der Waals surface area (Å²) in [5, 5.41) is 15.7. The second-order valence-corrected chi connectivity index (χ2v) is 5.90. The van der Waals surface area contributed by atoms with Gasteiger partial charge >= 0.3 is 5.97 Å². The molecule has 1 aliphatic heterocycles. The Hall–Kier alpha value is -2.31. The number of methoxy groups -OCH3 is 1. The highest BCUT2D eigenvalue weighted by Crippen LogP contribution is 2.29. The molecule has 9 heteroatoms. The fraction of sp³-hybridized carbons (Fsp3) is 0.308. The smallest absolute Gasteiger partial charge is 0.334 e. The number of amides is 1. The number of nitrogens with one attached hydrogen (secondary N) is 2. The molecule has 0 radical (unpaired) electrons. The highest BCUT2D eigenvalue weighted by atomic mass is 32.1. The van der Waals surface area contributed by atoms with Gasteiger partial charge < -0.3 is 15.4 Å². The standard InChI is InChI=1S/C13H11N3O4S2/c1-20-11(19)13(5-8(17)9-3-2-4-22-9)7(6-14)10(18)15-12(21)16-13/h2-4,7H,5H2,1H3,(H2,15,16,18,21)/t7-,13+/m1/s1. The minimum absolute atomic E-state index is 0.124. The Morgan fingerprint density at radius 1 is 1.59 bits per heavy atom. The van der Waals surface area contributed by atoms with Crippen molar-refractivity contribution in [2.24, 2.45) is 5.92 Å². The molecular weight excluding hydrogens is 326 g/mol. The average molecular weight is 337 g/mol. The summed E-state index contributed by atoms with van der Waals surface area (Å²) in [5.74, 6) is -3.45. The van der Waals surface area contributed by atoms with E-state index in [1.165, 1.54) is 11.3 Å². The molecular formula is C13H11N3O4S2. The first-order valence-electron chi connectivity index (χ1n) is 6.12. The summed E-state index contributed by atoms with van der Waals surface area (Å²) in [6, 6.07) is 5.04. The van der Waals surface area contributed by atoms with Gasteiger partial charge in [-0.3, -0.25) is 9.59 Å².